The lowest BCUT2D eigenvalue weighted by Crippen LogP contribution is -2.20. The molecule has 1 rings (SSSR count). The van der Waals surface area contributed by atoms with Crippen LogP contribution in [0.4, 0.5) is 0 Å². The first-order chi connectivity index (χ1) is 10.1. The highest BCUT2D eigenvalue weighted by atomic mass is 16.3. The number of benzene rings is 1. The molecule has 4 nitrogen and oxygen atoms in total. The Labute approximate surface area is 123 Å². The van der Waals surface area contributed by atoms with Gasteiger partial charge in [-0.1, -0.05) is 29.8 Å². The summed E-state index contributed by atoms with van der Waals surface area (Å²) in [6.45, 7) is 1.95. The van der Waals surface area contributed by atoms with Crippen LogP contribution in [0.1, 0.15) is 11.1 Å². The Morgan fingerprint density at radius 2 is 2.05 bits per heavy atom. The number of aliphatic hydroxyl groups is 1. The summed E-state index contributed by atoms with van der Waals surface area (Å²) in [4.78, 5) is 18.6. The molecule has 0 aromatic heterocycles. The average molecular weight is 280 g/mol. The van der Waals surface area contributed by atoms with Gasteiger partial charge in [0.2, 0.25) is 0 Å². The van der Waals surface area contributed by atoms with Crippen molar-refractivity contribution in [3.8, 4) is 0 Å². The molecule has 1 aromatic rings. The normalized spacial score (nSPS) is 10.0. The molecule has 0 heterocycles. The highest BCUT2D eigenvalue weighted by molar-refractivity contribution is 5.87. The Balaban J connectivity index is 2.67. The van der Waals surface area contributed by atoms with Crippen LogP contribution in [0.25, 0.3) is 0 Å². The van der Waals surface area contributed by atoms with Gasteiger partial charge in [-0.15, -0.1) is 0 Å². The quantitative estimate of drug-likeness (QED) is 0.519. The van der Waals surface area contributed by atoms with Gasteiger partial charge in [0.15, 0.2) is 0 Å². The zero-order valence-electron chi connectivity index (χ0n) is 12.0. The summed E-state index contributed by atoms with van der Waals surface area (Å²) >= 11 is 0. The summed E-state index contributed by atoms with van der Waals surface area (Å²) in [5.41, 5.74) is 7.10. The second kappa shape index (κ2) is 9.25. The van der Waals surface area contributed by atoms with Crippen molar-refractivity contribution in [3.63, 3.8) is 0 Å². The smallest absolute Gasteiger partial charge is 0.283 e. The third kappa shape index (κ3) is 6.87. The van der Waals surface area contributed by atoms with Crippen molar-refractivity contribution in [1.29, 1.82) is 0 Å². The van der Waals surface area contributed by atoms with Gasteiger partial charge in [-0.2, -0.15) is 4.99 Å². The van der Waals surface area contributed by atoms with Crippen LogP contribution in [-0.2, 0) is 11.2 Å². The van der Waals surface area contributed by atoms with E-state index in [1.807, 2.05) is 31.2 Å². The number of nitrogens with zero attached hydrogens (tertiary/aromatic N) is 2. The molecular weight excluding hydrogens is 264 g/mol. The van der Waals surface area contributed by atoms with Gasteiger partial charge >= 0.3 is 0 Å². The number of rotatable bonds is 4. The monoisotopic (exact) mass is 280 g/mol. The number of hydrogen-bond acceptors (Lipinski definition) is 3. The third-order valence-corrected chi connectivity index (χ3v) is 2.45. The van der Waals surface area contributed by atoms with Gasteiger partial charge in [0, 0.05) is 25.2 Å². The fourth-order valence-electron chi connectivity index (χ4n) is 1.53. The highest BCUT2D eigenvalue weighted by Crippen LogP contribution is 2.07. The minimum absolute atomic E-state index is 0.227. The molecule has 0 spiro atoms. The van der Waals surface area contributed by atoms with Gasteiger partial charge in [-0.25, -0.2) is 4.99 Å². The molecule has 0 fully saturated rings. The molecule has 1 N–H and O–H groups in total. The van der Waals surface area contributed by atoms with E-state index in [2.05, 4.69) is 33.2 Å². The van der Waals surface area contributed by atoms with Crippen LogP contribution in [0.5, 0.6) is 0 Å². The molecule has 21 heavy (non-hydrogen) atoms. The third-order valence-electron chi connectivity index (χ3n) is 2.45. The molecular formula is C17H16N2O2. The van der Waals surface area contributed by atoms with Crippen LogP contribution < -0.4 is 0 Å². The number of aryl methyl sites for hydroxylation is 1. The number of carbonyl (C=O) groups excluding carboxylic acids is 1. The number of amides is 1. The number of aliphatic hydroxyl groups excluding tert-OH is 1. The fourth-order valence-corrected chi connectivity index (χ4v) is 1.53. The molecule has 0 aliphatic rings. The SMILES string of the molecule is CN=C=C=CC=C=C=NC(=O)[C@H](O)Cc1cccc(C)c1. The second-order valence-electron chi connectivity index (χ2n) is 4.23. The number of aliphatic imine (C=N–C) groups is 2. The molecule has 4 heteroatoms. The zero-order valence-corrected chi connectivity index (χ0v) is 12.0. The van der Waals surface area contributed by atoms with E-state index in [1.165, 1.54) is 12.2 Å². The van der Waals surface area contributed by atoms with Crippen LogP contribution in [0, 0.1) is 6.92 Å². The standard InChI is InChI=1S/C17H16N2O2/c1-14-8-7-9-15(12-14)13-16(20)17(21)19-11-6-4-3-5-10-18-2/h3-4,7-9,12,16,20H,13H2,1-2H3/t16-/m1/s1. The second-order valence-corrected chi connectivity index (χ2v) is 4.23. The summed E-state index contributed by atoms with van der Waals surface area (Å²) in [5.74, 6) is 4.16. The van der Waals surface area contributed by atoms with Crippen LogP contribution >= 0.6 is 0 Å². The molecule has 1 atom stereocenters. The van der Waals surface area contributed by atoms with E-state index in [0.29, 0.717) is 0 Å². The van der Waals surface area contributed by atoms with E-state index in [-0.39, 0.29) is 6.42 Å². The van der Waals surface area contributed by atoms with E-state index in [4.69, 9.17) is 0 Å². The van der Waals surface area contributed by atoms with Gasteiger partial charge in [-0.05, 0) is 36.1 Å². The van der Waals surface area contributed by atoms with E-state index in [0.717, 1.165) is 11.1 Å². The molecule has 0 aliphatic carbocycles. The van der Waals surface area contributed by atoms with E-state index < -0.39 is 12.0 Å². The van der Waals surface area contributed by atoms with E-state index >= 15 is 0 Å². The fraction of sp³-hybridized carbons (Fsp3) is 0.235. The summed E-state index contributed by atoms with van der Waals surface area (Å²) in [7, 11) is 1.58. The Kier molecular flexibility index (Phi) is 7.21. The van der Waals surface area contributed by atoms with Crippen LogP contribution in [0.2, 0.25) is 0 Å². The first-order valence-corrected chi connectivity index (χ1v) is 6.36. The number of hydrogen-bond donors (Lipinski definition) is 1. The molecule has 1 aromatic carbocycles. The predicted molar refractivity (Wildman–Crippen MR) is 82.9 cm³/mol. The van der Waals surface area contributed by atoms with Gasteiger partial charge in [0.05, 0.1) is 0 Å². The Hall–Kier alpha value is -2.69. The van der Waals surface area contributed by atoms with Crippen molar-refractivity contribution in [2.24, 2.45) is 9.98 Å². The van der Waals surface area contributed by atoms with Crippen molar-refractivity contribution in [1.82, 2.24) is 0 Å². The first-order valence-electron chi connectivity index (χ1n) is 6.36. The van der Waals surface area contributed by atoms with Gasteiger partial charge in [0.1, 0.15) is 6.10 Å². The zero-order chi connectivity index (χ0) is 15.5. The molecule has 0 saturated heterocycles. The maximum Gasteiger partial charge on any atom is 0.283 e. The summed E-state index contributed by atoms with van der Waals surface area (Å²) in [6.07, 6.45) is 2.01. The van der Waals surface area contributed by atoms with E-state index in [1.54, 1.807) is 7.05 Å². The van der Waals surface area contributed by atoms with Crippen LogP contribution in [0.15, 0.2) is 57.9 Å². The highest BCUT2D eigenvalue weighted by Gasteiger charge is 2.14. The maximum atomic E-state index is 11.6. The summed E-state index contributed by atoms with van der Waals surface area (Å²) in [6, 6.07) is 7.61. The Morgan fingerprint density at radius 3 is 2.71 bits per heavy atom. The lowest BCUT2D eigenvalue weighted by atomic mass is 10.1. The number of carbonyl (C=O) groups is 1. The molecule has 106 valence electrons. The van der Waals surface area contributed by atoms with Gasteiger partial charge in [0.25, 0.3) is 5.91 Å². The summed E-state index contributed by atoms with van der Waals surface area (Å²) < 4.78 is 0. The molecule has 0 radical (unpaired) electrons. The molecule has 1 amide bonds. The van der Waals surface area contributed by atoms with Crippen LogP contribution in [0.3, 0.4) is 0 Å². The van der Waals surface area contributed by atoms with Gasteiger partial charge in [-0.3, -0.25) is 4.79 Å². The van der Waals surface area contributed by atoms with Crippen molar-refractivity contribution in [3.05, 3.63) is 59.0 Å². The summed E-state index contributed by atoms with van der Waals surface area (Å²) in [5, 5.41) is 9.77. The van der Waals surface area contributed by atoms with Crippen molar-refractivity contribution < 1.29 is 9.90 Å². The molecule has 0 aliphatic heterocycles. The Bertz CT molecular complexity index is 693. The van der Waals surface area contributed by atoms with E-state index in [9.17, 15) is 9.90 Å². The number of allylic oxidation sites excluding steroid dienone is 2. The van der Waals surface area contributed by atoms with Crippen LogP contribution in [-0.4, -0.2) is 35.9 Å². The minimum Gasteiger partial charge on any atom is -0.383 e. The lowest BCUT2D eigenvalue weighted by Gasteiger charge is -2.06. The van der Waals surface area contributed by atoms with Gasteiger partial charge < -0.3 is 5.11 Å². The lowest BCUT2D eigenvalue weighted by molar-refractivity contribution is -0.125. The van der Waals surface area contributed by atoms with Crippen molar-refractivity contribution in [2.45, 2.75) is 19.4 Å². The molecule has 0 saturated carbocycles. The molecule has 0 bridgehead atoms. The van der Waals surface area contributed by atoms with Crippen molar-refractivity contribution in [2.75, 3.05) is 7.05 Å². The minimum atomic E-state index is -1.18. The Morgan fingerprint density at radius 1 is 1.33 bits per heavy atom. The topological polar surface area (TPSA) is 62.0 Å². The average Bonchev–Trinajstić information content (AvgIpc) is 2.46. The first kappa shape index (κ1) is 16.4. The molecule has 0 unspecified atom stereocenters. The largest absolute Gasteiger partial charge is 0.383 e. The van der Waals surface area contributed by atoms with Crippen molar-refractivity contribution >= 4 is 17.6 Å². The maximum absolute atomic E-state index is 11.6. The predicted octanol–water partition coefficient (Wildman–Crippen LogP) is 1.82.